The highest BCUT2D eigenvalue weighted by molar-refractivity contribution is 5.89. The van der Waals surface area contributed by atoms with E-state index in [1.165, 1.54) is 10.9 Å². The van der Waals surface area contributed by atoms with Gasteiger partial charge in [0.15, 0.2) is 11.2 Å². The number of aromatic amines is 1. The highest BCUT2D eigenvalue weighted by Crippen LogP contribution is 2.29. The maximum absolute atomic E-state index is 12.3. The molecule has 4 heterocycles. The average Bonchev–Trinajstić information content (AvgIpc) is 3.22. The molecular formula is C19H12N6O. The lowest BCUT2D eigenvalue weighted by atomic mass is 10.0. The number of hydrogen-bond acceptors (Lipinski definition) is 5. The van der Waals surface area contributed by atoms with Gasteiger partial charge in [-0.25, -0.2) is 4.98 Å². The number of H-pyrrole nitrogens is 1. The summed E-state index contributed by atoms with van der Waals surface area (Å²) >= 11 is 0. The van der Waals surface area contributed by atoms with Gasteiger partial charge >= 0.3 is 0 Å². The summed E-state index contributed by atoms with van der Waals surface area (Å²) in [5, 5.41) is 9.93. The van der Waals surface area contributed by atoms with Gasteiger partial charge in [0, 0.05) is 29.4 Å². The van der Waals surface area contributed by atoms with Crippen LogP contribution in [0.3, 0.4) is 0 Å². The number of nitrogens with one attached hydrogen (secondary N) is 1. The molecule has 7 nitrogen and oxygen atoms in total. The van der Waals surface area contributed by atoms with Gasteiger partial charge in [0.25, 0.3) is 0 Å². The van der Waals surface area contributed by atoms with E-state index in [-0.39, 0.29) is 5.43 Å². The van der Waals surface area contributed by atoms with Crippen LogP contribution in [0.15, 0.2) is 72.0 Å². The van der Waals surface area contributed by atoms with E-state index < -0.39 is 0 Å². The summed E-state index contributed by atoms with van der Waals surface area (Å²) in [6.45, 7) is 0. The summed E-state index contributed by atoms with van der Waals surface area (Å²) < 4.78 is 0. The van der Waals surface area contributed by atoms with E-state index in [9.17, 15) is 4.79 Å². The average molecular weight is 340 g/mol. The molecule has 124 valence electrons. The third-order valence-electron chi connectivity index (χ3n) is 4.24. The summed E-state index contributed by atoms with van der Waals surface area (Å²) in [5.74, 6) is 0.549. The molecule has 0 amide bonds. The fourth-order valence-corrected chi connectivity index (χ4v) is 3.02. The fraction of sp³-hybridized carbons (Fsp3) is 0. The van der Waals surface area contributed by atoms with Crippen LogP contribution in [0.2, 0.25) is 0 Å². The van der Waals surface area contributed by atoms with E-state index in [4.69, 9.17) is 0 Å². The van der Waals surface area contributed by atoms with Crippen molar-refractivity contribution in [3.8, 4) is 16.9 Å². The molecule has 0 spiro atoms. The van der Waals surface area contributed by atoms with Crippen molar-refractivity contribution in [3.05, 3.63) is 77.5 Å². The van der Waals surface area contributed by atoms with Crippen molar-refractivity contribution < 1.29 is 0 Å². The monoisotopic (exact) mass is 340 g/mol. The Hall–Kier alpha value is -3.87. The Morgan fingerprint density at radius 2 is 1.85 bits per heavy atom. The van der Waals surface area contributed by atoms with Gasteiger partial charge in [-0.05, 0) is 29.8 Å². The molecule has 0 fully saturated rings. The van der Waals surface area contributed by atoms with E-state index in [1.54, 1.807) is 24.8 Å². The molecule has 0 aliphatic carbocycles. The van der Waals surface area contributed by atoms with Crippen LogP contribution >= 0.6 is 0 Å². The largest absolute Gasteiger partial charge is 0.346 e. The first-order valence-electron chi connectivity index (χ1n) is 8.04. The van der Waals surface area contributed by atoms with E-state index in [0.717, 1.165) is 22.0 Å². The predicted molar refractivity (Wildman–Crippen MR) is 98.0 cm³/mol. The second-order valence-corrected chi connectivity index (χ2v) is 5.83. The number of pyridine rings is 3. The quantitative estimate of drug-likeness (QED) is 0.534. The molecule has 1 N–H and O–H groups in total. The zero-order chi connectivity index (χ0) is 17.5. The Bertz CT molecular complexity index is 1310. The molecule has 0 unspecified atom stereocenters. The zero-order valence-corrected chi connectivity index (χ0v) is 13.5. The summed E-state index contributed by atoms with van der Waals surface area (Å²) in [4.78, 5) is 25.7. The van der Waals surface area contributed by atoms with Crippen molar-refractivity contribution in [2.24, 2.45) is 0 Å². The first-order chi connectivity index (χ1) is 12.8. The summed E-state index contributed by atoms with van der Waals surface area (Å²) in [6, 6.07) is 13.1. The minimum atomic E-state index is -0.0880. The maximum atomic E-state index is 12.3. The fourth-order valence-electron chi connectivity index (χ4n) is 3.02. The second-order valence-electron chi connectivity index (χ2n) is 5.83. The molecular weight excluding hydrogens is 328 g/mol. The Balaban J connectivity index is 1.85. The number of hydrogen-bond donors (Lipinski definition) is 1. The van der Waals surface area contributed by atoms with Gasteiger partial charge in [-0.1, -0.05) is 12.1 Å². The molecule has 0 radical (unpaired) electrons. The van der Waals surface area contributed by atoms with Crippen LogP contribution in [0.25, 0.3) is 38.9 Å². The third kappa shape index (κ3) is 2.26. The van der Waals surface area contributed by atoms with Gasteiger partial charge in [0.2, 0.25) is 0 Å². The van der Waals surface area contributed by atoms with E-state index in [0.29, 0.717) is 16.9 Å². The molecule has 1 aromatic carbocycles. The van der Waals surface area contributed by atoms with Gasteiger partial charge in [-0.15, -0.1) is 4.80 Å². The molecule has 5 rings (SSSR count). The SMILES string of the molecule is O=c1cc[nH]c2nc(-n3nccn3)c(-c3ccc4ncccc4c3)cc12. The number of nitrogens with zero attached hydrogens (tertiary/aromatic N) is 5. The molecule has 26 heavy (non-hydrogen) atoms. The lowest BCUT2D eigenvalue weighted by Crippen LogP contribution is -2.08. The van der Waals surface area contributed by atoms with Crippen LogP contribution in [-0.4, -0.2) is 29.9 Å². The Morgan fingerprint density at radius 3 is 2.73 bits per heavy atom. The zero-order valence-electron chi connectivity index (χ0n) is 13.5. The van der Waals surface area contributed by atoms with Gasteiger partial charge in [0.05, 0.1) is 23.3 Å². The minimum Gasteiger partial charge on any atom is -0.346 e. The van der Waals surface area contributed by atoms with Crippen LogP contribution in [0, 0.1) is 0 Å². The van der Waals surface area contributed by atoms with Crippen molar-refractivity contribution >= 4 is 21.9 Å². The highest BCUT2D eigenvalue weighted by Gasteiger charge is 2.14. The molecule has 0 bridgehead atoms. The van der Waals surface area contributed by atoms with E-state index in [2.05, 4.69) is 25.1 Å². The smallest absolute Gasteiger partial charge is 0.191 e. The van der Waals surface area contributed by atoms with Crippen molar-refractivity contribution in [2.75, 3.05) is 0 Å². The van der Waals surface area contributed by atoms with Gasteiger partial charge in [-0.2, -0.15) is 10.2 Å². The highest BCUT2D eigenvalue weighted by atomic mass is 16.1. The lowest BCUT2D eigenvalue weighted by molar-refractivity contribution is 0.733. The molecule has 0 saturated heterocycles. The maximum Gasteiger partial charge on any atom is 0.191 e. The topological polar surface area (TPSA) is 89.4 Å². The normalized spacial score (nSPS) is 11.2. The summed E-state index contributed by atoms with van der Waals surface area (Å²) in [6.07, 6.45) is 6.53. The summed E-state index contributed by atoms with van der Waals surface area (Å²) in [5.41, 5.74) is 3.00. The first-order valence-corrected chi connectivity index (χ1v) is 8.04. The van der Waals surface area contributed by atoms with Crippen LogP contribution in [0.1, 0.15) is 0 Å². The van der Waals surface area contributed by atoms with Crippen molar-refractivity contribution in [2.45, 2.75) is 0 Å². The lowest BCUT2D eigenvalue weighted by Gasteiger charge is -2.10. The molecule has 4 aromatic heterocycles. The number of aromatic nitrogens is 6. The molecule has 5 aromatic rings. The third-order valence-corrected chi connectivity index (χ3v) is 4.24. The van der Waals surface area contributed by atoms with Crippen LogP contribution in [0.5, 0.6) is 0 Å². The molecule has 0 aliphatic heterocycles. The van der Waals surface area contributed by atoms with E-state index in [1.807, 2.05) is 36.4 Å². The van der Waals surface area contributed by atoms with Gasteiger partial charge in [-0.3, -0.25) is 9.78 Å². The van der Waals surface area contributed by atoms with Crippen molar-refractivity contribution in [1.29, 1.82) is 0 Å². The van der Waals surface area contributed by atoms with E-state index >= 15 is 0 Å². The molecule has 0 aliphatic rings. The molecule has 0 atom stereocenters. The van der Waals surface area contributed by atoms with Gasteiger partial charge < -0.3 is 4.98 Å². The standard InChI is InChI=1S/C19H12N6O/c26-17-5-7-21-18-15(17)11-14(19(24-18)25-22-8-9-23-25)12-3-4-16-13(10-12)2-1-6-20-16/h1-11H,(H,21,24,26). The summed E-state index contributed by atoms with van der Waals surface area (Å²) in [7, 11) is 0. The van der Waals surface area contributed by atoms with Crippen molar-refractivity contribution in [3.63, 3.8) is 0 Å². The van der Waals surface area contributed by atoms with Crippen LogP contribution in [0.4, 0.5) is 0 Å². The van der Waals surface area contributed by atoms with Crippen LogP contribution in [-0.2, 0) is 0 Å². The minimum absolute atomic E-state index is 0.0880. The van der Waals surface area contributed by atoms with Crippen molar-refractivity contribution in [1.82, 2.24) is 29.9 Å². The number of rotatable bonds is 2. The molecule has 0 saturated carbocycles. The van der Waals surface area contributed by atoms with Crippen LogP contribution < -0.4 is 5.43 Å². The first kappa shape index (κ1) is 14.5. The second kappa shape index (κ2) is 5.59. The van der Waals surface area contributed by atoms with Gasteiger partial charge in [0.1, 0.15) is 5.65 Å². The Labute approximate surface area is 147 Å². The molecule has 7 heteroatoms. The number of benzene rings is 1. The Kier molecular flexibility index (Phi) is 3.11. The predicted octanol–water partition coefficient (Wildman–Crippen LogP) is 2.72. The number of fused-ring (bicyclic) bond motifs is 2. The Morgan fingerprint density at radius 1 is 0.962 bits per heavy atom.